The fourth-order valence-electron chi connectivity index (χ4n) is 1.80. The summed E-state index contributed by atoms with van der Waals surface area (Å²) in [7, 11) is 0. The van der Waals surface area contributed by atoms with Gasteiger partial charge in [-0.3, -0.25) is 4.98 Å². The first-order valence-electron chi connectivity index (χ1n) is 6.03. The molecule has 0 aliphatic carbocycles. The summed E-state index contributed by atoms with van der Waals surface area (Å²) < 4.78 is 5.85. The zero-order chi connectivity index (χ0) is 13.0. The van der Waals surface area contributed by atoms with E-state index in [1.807, 2.05) is 25.1 Å². The Morgan fingerprint density at radius 3 is 2.83 bits per heavy atom. The van der Waals surface area contributed by atoms with Gasteiger partial charge in [0.05, 0.1) is 5.69 Å². The number of nitrogens with two attached hydrogens (primary N) is 1. The Morgan fingerprint density at radius 1 is 1.22 bits per heavy atom. The van der Waals surface area contributed by atoms with E-state index in [4.69, 9.17) is 10.5 Å². The third-order valence-electron chi connectivity index (χ3n) is 2.90. The predicted molar refractivity (Wildman–Crippen MR) is 72.4 cm³/mol. The normalized spacial score (nSPS) is 10.4. The average Bonchev–Trinajstić information content (AvgIpc) is 2.40. The second-order valence-corrected chi connectivity index (χ2v) is 4.37. The maximum Gasteiger partial charge on any atom is 0.122 e. The molecule has 2 aromatic rings. The minimum absolute atomic E-state index is 0.437. The number of ether oxygens (including phenoxy) is 1. The van der Waals surface area contributed by atoms with Gasteiger partial charge in [0, 0.05) is 18.3 Å². The number of rotatable bonds is 4. The molecule has 94 valence electrons. The highest BCUT2D eigenvalue weighted by Gasteiger charge is 2.04. The SMILES string of the molecule is Cc1ccc(C)c(OCc2cccnc2CN)c1. The highest BCUT2D eigenvalue weighted by molar-refractivity contribution is 5.36. The van der Waals surface area contributed by atoms with E-state index >= 15 is 0 Å². The Labute approximate surface area is 108 Å². The maximum absolute atomic E-state index is 5.85. The van der Waals surface area contributed by atoms with E-state index < -0.39 is 0 Å². The van der Waals surface area contributed by atoms with Crippen LogP contribution in [0.25, 0.3) is 0 Å². The molecular weight excluding hydrogens is 224 g/mol. The minimum Gasteiger partial charge on any atom is -0.489 e. The molecule has 1 aromatic carbocycles. The van der Waals surface area contributed by atoms with Gasteiger partial charge in [-0.15, -0.1) is 0 Å². The number of nitrogens with zero attached hydrogens (tertiary/aromatic N) is 1. The van der Waals surface area contributed by atoms with Crippen molar-refractivity contribution in [3.63, 3.8) is 0 Å². The average molecular weight is 242 g/mol. The Bertz CT molecular complexity index is 538. The topological polar surface area (TPSA) is 48.1 Å². The second kappa shape index (κ2) is 5.65. The lowest BCUT2D eigenvalue weighted by atomic mass is 10.1. The van der Waals surface area contributed by atoms with Gasteiger partial charge in [0.2, 0.25) is 0 Å². The molecule has 2 rings (SSSR count). The van der Waals surface area contributed by atoms with Gasteiger partial charge in [0.15, 0.2) is 0 Å². The van der Waals surface area contributed by atoms with Crippen molar-refractivity contribution in [1.29, 1.82) is 0 Å². The number of aromatic nitrogens is 1. The third kappa shape index (κ3) is 2.87. The van der Waals surface area contributed by atoms with Gasteiger partial charge in [0.1, 0.15) is 12.4 Å². The van der Waals surface area contributed by atoms with Crippen molar-refractivity contribution in [3.8, 4) is 5.75 Å². The molecule has 0 aliphatic heterocycles. The maximum atomic E-state index is 5.85. The number of benzene rings is 1. The summed E-state index contributed by atoms with van der Waals surface area (Å²) in [6, 6.07) is 10.1. The molecule has 1 heterocycles. The van der Waals surface area contributed by atoms with Gasteiger partial charge in [0.25, 0.3) is 0 Å². The molecule has 0 amide bonds. The first kappa shape index (κ1) is 12.6. The smallest absolute Gasteiger partial charge is 0.122 e. The molecule has 2 N–H and O–H groups in total. The number of pyridine rings is 1. The highest BCUT2D eigenvalue weighted by Crippen LogP contribution is 2.20. The molecule has 0 aliphatic rings. The van der Waals surface area contributed by atoms with E-state index in [2.05, 4.69) is 24.0 Å². The van der Waals surface area contributed by atoms with E-state index in [-0.39, 0.29) is 0 Å². The number of aryl methyl sites for hydroxylation is 2. The molecule has 1 aromatic heterocycles. The Hall–Kier alpha value is -1.87. The summed E-state index contributed by atoms with van der Waals surface area (Å²) in [5.74, 6) is 0.918. The predicted octanol–water partition coefficient (Wildman–Crippen LogP) is 2.74. The van der Waals surface area contributed by atoms with Crippen LogP contribution in [0.5, 0.6) is 5.75 Å². The van der Waals surface area contributed by atoms with E-state index in [1.165, 1.54) is 5.56 Å². The Morgan fingerprint density at radius 2 is 2.06 bits per heavy atom. The van der Waals surface area contributed by atoms with Gasteiger partial charge in [-0.25, -0.2) is 0 Å². The summed E-state index contributed by atoms with van der Waals surface area (Å²) in [6.07, 6.45) is 1.75. The molecule has 0 unspecified atom stereocenters. The molecule has 0 fully saturated rings. The van der Waals surface area contributed by atoms with Crippen LogP contribution in [0.2, 0.25) is 0 Å². The van der Waals surface area contributed by atoms with Gasteiger partial charge in [-0.2, -0.15) is 0 Å². The molecule has 0 spiro atoms. The van der Waals surface area contributed by atoms with Crippen LogP contribution in [0.4, 0.5) is 0 Å². The van der Waals surface area contributed by atoms with Crippen LogP contribution in [0.3, 0.4) is 0 Å². The van der Waals surface area contributed by atoms with E-state index in [1.54, 1.807) is 6.20 Å². The van der Waals surface area contributed by atoms with Crippen molar-refractivity contribution in [2.75, 3.05) is 0 Å². The standard InChI is InChI=1S/C15H18N2O/c1-11-5-6-12(2)15(8-11)18-10-13-4-3-7-17-14(13)9-16/h3-8H,9-10,16H2,1-2H3. The highest BCUT2D eigenvalue weighted by atomic mass is 16.5. The molecule has 0 saturated heterocycles. The molecule has 0 saturated carbocycles. The van der Waals surface area contributed by atoms with Gasteiger partial charge >= 0.3 is 0 Å². The van der Waals surface area contributed by atoms with Crippen molar-refractivity contribution < 1.29 is 4.74 Å². The van der Waals surface area contributed by atoms with Crippen LogP contribution in [0, 0.1) is 13.8 Å². The van der Waals surface area contributed by atoms with Crippen LogP contribution in [-0.2, 0) is 13.2 Å². The molecule has 0 radical (unpaired) electrons. The van der Waals surface area contributed by atoms with Gasteiger partial charge in [-0.1, -0.05) is 18.2 Å². The summed E-state index contributed by atoms with van der Waals surface area (Å²) in [5.41, 5.74) is 9.92. The lowest BCUT2D eigenvalue weighted by Crippen LogP contribution is -2.07. The van der Waals surface area contributed by atoms with Crippen molar-refractivity contribution in [1.82, 2.24) is 4.98 Å². The molecule has 0 bridgehead atoms. The van der Waals surface area contributed by atoms with Crippen molar-refractivity contribution >= 4 is 0 Å². The van der Waals surface area contributed by atoms with Gasteiger partial charge < -0.3 is 10.5 Å². The summed E-state index contributed by atoms with van der Waals surface area (Å²) in [6.45, 7) is 5.04. The Kier molecular flexibility index (Phi) is 3.95. The van der Waals surface area contributed by atoms with Gasteiger partial charge in [-0.05, 0) is 37.1 Å². The molecule has 3 nitrogen and oxygen atoms in total. The zero-order valence-electron chi connectivity index (χ0n) is 10.8. The third-order valence-corrected chi connectivity index (χ3v) is 2.90. The quantitative estimate of drug-likeness (QED) is 0.896. The summed E-state index contributed by atoms with van der Waals surface area (Å²) >= 11 is 0. The minimum atomic E-state index is 0.437. The molecule has 0 atom stereocenters. The first-order valence-corrected chi connectivity index (χ1v) is 6.03. The molecular formula is C15H18N2O. The lowest BCUT2D eigenvalue weighted by molar-refractivity contribution is 0.302. The van der Waals surface area contributed by atoms with Crippen LogP contribution in [0.15, 0.2) is 36.5 Å². The molecule has 3 heteroatoms. The van der Waals surface area contributed by atoms with Crippen molar-refractivity contribution in [2.45, 2.75) is 27.0 Å². The monoisotopic (exact) mass is 242 g/mol. The van der Waals surface area contributed by atoms with E-state index in [9.17, 15) is 0 Å². The fraction of sp³-hybridized carbons (Fsp3) is 0.267. The van der Waals surface area contributed by atoms with Crippen LogP contribution in [-0.4, -0.2) is 4.98 Å². The molecule has 18 heavy (non-hydrogen) atoms. The van der Waals surface area contributed by atoms with E-state index in [0.717, 1.165) is 22.6 Å². The van der Waals surface area contributed by atoms with Crippen LogP contribution < -0.4 is 10.5 Å². The Balaban J connectivity index is 2.14. The van der Waals surface area contributed by atoms with Crippen molar-refractivity contribution in [2.24, 2.45) is 5.73 Å². The van der Waals surface area contributed by atoms with Crippen LogP contribution in [0.1, 0.15) is 22.4 Å². The first-order chi connectivity index (χ1) is 8.70. The second-order valence-electron chi connectivity index (χ2n) is 4.37. The lowest BCUT2D eigenvalue weighted by Gasteiger charge is -2.11. The largest absolute Gasteiger partial charge is 0.489 e. The summed E-state index contributed by atoms with van der Waals surface area (Å²) in [4.78, 5) is 4.24. The summed E-state index contributed by atoms with van der Waals surface area (Å²) in [5, 5.41) is 0. The number of hydrogen-bond acceptors (Lipinski definition) is 3. The van der Waals surface area contributed by atoms with E-state index in [0.29, 0.717) is 13.2 Å². The van der Waals surface area contributed by atoms with Crippen molar-refractivity contribution in [3.05, 3.63) is 58.9 Å². The fourth-order valence-corrected chi connectivity index (χ4v) is 1.80. The zero-order valence-corrected chi connectivity index (χ0v) is 10.8. The number of hydrogen-bond donors (Lipinski definition) is 1. The van der Waals surface area contributed by atoms with Crippen LogP contribution >= 0.6 is 0 Å².